The number of thioether (sulfide) groups is 1. The molecular formula is C21H21FN4O3S. The van der Waals surface area contributed by atoms with Crippen molar-refractivity contribution in [2.75, 3.05) is 11.1 Å². The van der Waals surface area contributed by atoms with E-state index >= 15 is 0 Å². The van der Waals surface area contributed by atoms with Crippen molar-refractivity contribution in [3.05, 3.63) is 77.9 Å². The number of aromatic nitrogens is 2. The molecule has 1 aromatic heterocycles. The fraction of sp³-hybridized carbons (Fsp3) is 0.190. The summed E-state index contributed by atoms with van der Waals surface area (Å²) in [7, 11) is 0. The number of aliphatic hydroxyl groups excluding tert-OH is 1. The molecule has 0 atom stereocenters. The quantitative estimate of drug-likeness (QED) is 0.455. The van der Waals surface area contributed by atoms with Gasteiger partial charge in [-0.25, -0.2) is 9.37 Å². The van der Waals surface area contributed by atoms with Gasteiger partial charge >= 0.3 is 0 Å². The van der Waals surface area contributed by atoms with Crippen LogP contribution in [-0.2, 0) is 29.3 Å². The van der Waals surface area contributed by atoms with Gasteiger partial charge in [0.15, 0.2) is 5.16 Å². The van der Waals surface area contributed by atoms with E-state index in [1.807, 2.05) is 30.3 Å². The molecule has 156 valence electrons. The minimum atomic E-state index is -0.440. The summed E-state index contributed by atoms with van der Waals surface area (Å²) in [5, 5.41) is 15.4. The highest BCUT2D eigenvalue weighted by atomic mass is 32.2. The Morgan fingerprint density at radius 1 is 1.10 bits per heavy atom. The van der Waals surface area contributed by atoms with Crippen LogP contribution in [0, 0.1) is 5.82 Å². The second-order valence-electron chi connectivity index (χ2n) is 6.39. The summed E-state index contributed by atoms with van der Waals surface area (Å²) in [6, 6.07) is 15.1. The van der Waals surface area contributed by atoms with Gasteiger partial charge in [0.05, 0.1) is 24.3 Å². The van der Waals surface area contributed by atoms with E-state index in [9.17, 15) is 19.1 Å². The number of nitrogens with zero attached hydrogens (tertiary/aromatic N) is 2. The molecule has 3 N–H and O–H groups in total. The van der Waals surface area contributed by atoms with E-state index in [2.05, 4.69) is 15.6 Å². The van der Waals surface area contributed by atoms with E-state index in [1.165, 1.54) is 24.4 Å². The molecule has 3 rings (SSSR count). The lowest BCUT2D eigenvalue weighted by Crippen LogP contribution is -2.28. The van der Waals surface area contributed by atoms with Crippen molar-refractivity contribution >= 4 is 29.3 Å². The van der Waals surface area contributed by atoms with Crippen molar-refractivity contribution in [1.82, 2.24) is 14.9 Å². The third-order valence-electron chi connectivity index (χ3n) is 4.14. The number of anilines is 1. The summed E-state index contributed by atoms with van der Waals surface area (Å²) in [5.74, 6) is -0.994. The Hall–Kier alpha value is -3.17. The Morgan fingerprint density at radius 2 is 1.90 bits per heavy atom. The van der Waals surface area contributed by atoms with Crippen LogP contribution in [0.1, 0.15) is 11.3 Å². The number of benzene rings is 2. The molecule has 0 spiro atoms. The maximum Gasteiger partial charge on any atom is 0.240 e. The molecule has 9 heteroatoms. The van der Waals surface area contributed by atoms with Gasteiger partial charge in [0, 0.05) is 12.2 Å². The standard InChI is InChI=1S/C21H21FN4O3S/c22-16-7-4-8-17(9-16)25-20(29)14-30-21-24-11-18(13-27)26(21)12-19(28)23-10-15-5-2-1-3-6-15/h1-9,11,27H,10,12-14H2,(H,23,28)(H,25,29). The van der Waals surface area contributed by atoms with E-state index in [1.54, 1.807) is 10.6 Å². The number of carbonyl (C=O) groups is 2. The van der Waals surface area contributed by atoms with Gasteiger partial charge in [-0.05, 0) is 23.8 Å². The lowest BCUT2D eigenvalue weighted by molar-refractivity contribution is -0.122. The molecule has 1 heterocycles. The maximum atomic E-state index is 13.2. The summed E-state index contributed by atoms with van der Waals surface area (Å²) in [6.45, 7) is 0.0763. The number of aliphatic hydroxyl groups is 1. The Labute approximate surface area is 177 Å². The molecule has 0 radical (unpaired) electrons. The number of hydrogen-bond donors (Lipinski definition) is 3. The summed E-state index contributed by atoms with van der Waals surface area (Å²) >= 11 is 1.13. The van der Waals surface area contributed by atoms with Crippen LogP contribution in [0.4, 0.5) is 10.1 Å². The molecule has 0 saturated heterocycles. The van der Waals surface area contributed by atoms with Crippen molar-refractivity contribution < 1.29 is 19.1 Å². The van der Waals surface area contributed by atoms with Gasteiger partial charge in [0.2, 0.25) is 11.8 Å². The van der Waals surface area contributed by atoms with Crippen LogP contribution in [-0.4, -0.2) is 32.2 Å². The van der Waals surface area contributed by atoms with E-state index in [0.29, 0.717) is 23.1 Å². The Bertz CT molecular complexity index is 1010. The van der Waals surface area contributed by atoms with E-state index < -0.39 is 5.82 Å². The van der Waals surface area contributed by atoms with E-state index in [4.69, 9.17) is 0 Å². The third-order valence-corrected chi connectivity index (χ3v) is 5.13. The lowest BCUT2D eigenvalue weighted by Gasteiger charge is -2.11. The van der Waals surface area contributed by atoms with Crippen molar-refractivity contribution in [2.24, 2.45) is 0 Å². The first kappa shape index (κ1) is 21.5. The number of nitrogens with one attached hydrogen (secondary N) is 2. The SMILES string of the molecule is O=C(Cn1c(CO)cnc1SCC(=O)Nc1cccc(F)c1)NCc1ccccc1. The average Bonchev–Trinajstić information content (AvgIpc) is 3.13. The lowest BCUT2D eigenvalue weighted by atomic mass is 10.2. The molecule has 0 unspecified atom stereocenters. The fourth-order valence-corrected chi connectivity index (χ4v) is 3.49. The number of imidazole rings is 1. The van der Waals surface area contributed by atoms with E-state index in [0.717, 1.165) is 17.3 Å². The predicted octanol–water partition coefficient (Wildman–Crippen LogP) is 2.56. The van der Waals surface area contributed by atoms with Crippen LogP contribution < -0.4 is 10.6 Å². The summed E-state index contributed by atoms with van der Waals surface area (Å²) < 4.78 is 14.8. The second-order valence-corrected chi connectivity index (χ2v) is 7.33. The molecule has 30 heavy (non-hydrogen) atoms. The Kier molecular flexibility index (Phi) is 7.58. The topological polar surface area (TPSA) is 96.2 Å². The highest BCUT2D eigenvalue weighted by molar-refractivity contribution is 7.99. The van der Waals surface area contributed by atoms with Gasteiger partial charge in [0.1, 0.15) is 12.4 Å². The number of hydrogen-bond acceptors (Lipinski definition) is 5. The van der Waals surface area contributed by atoms with Crippen molar-refractivity contribution in [2.45, 2.75) is 24.9 Å². The largest absolute Gasteiger partial charge is 0.390 e. The van der Waals surface area contributed by atoms with Crippen LogP contribution in [0.5, 0.6) is 0 Å². The van der Waals surface area contributed by atoms with Gasteiger partial charge in [-0.1, -0.05) is 48.2 Å². The fourth-order valence-electron chi connectivity index (χ4n) is 2.69. The molecule has 0 aliphatic carbocycles. The third kappa shape index (κ3) is 6.16. The molecule has 0 fully saturated rings. The molecule has 3 aromatic rings. The van der Waals surface area contributed by atoms with Gasteiger partial charge in [-0.3, -0.25) is 9.59 Å². The zero-order valence-electron chi connectivity index (χ0n) is 16.0. The average molecular weight is 428 g/mol. The van der Waals surface area contributed by atoms with Crippen molar-refractivity contribution in [3.63, 3.8) is 0 Å². The van der Waals surface area contributed by atoms with Crippen LogP contribution in [0.25, 0.3) is 0 Å². The summed E-state index contributed by atoms with van der Waals surface area (Å²) in [5.41, 5.74) is 1.81. The molecule has 7 nitrogen and oxygen atoms in total. The van der Waals surface area contributed by atoms with E-state index in [-0.39, 0.29) is 30.7 Å². The first-order chi connectivity index (χ1) is 14.5. The monoisotopic (exact) mass is 428 g/mol. The molecule has 0 aliphatic rings. The van der Waals surface area contributed by atoms with Crippen molar-refractivity contribution in [1.29, 1.82) is 0 Å². The number of carbonyl (C=O) groups excluding carboxylic acids is 2. The minimum Gasteiger partial charge on any atom is -0.390 e. The highest BCUT2D eigenvalue weighted by Crippen LogP contribution is 2.19. The zero-order chi connectivity index (χ0) is 21.3. The van der Waals surface area contributed by atoms with Gasteiger partial charge in [0.25, 0.3) is 0 Å². The van der Waals surface area contributed by atoms with Gasteiger partial charge in [-0.2, -0.15) is 0 Å². The Balaban J connectivity index is 1.57. The highest BCUT2D eigenvalue weighted by Gasteiger charge is 2.15. The summed E-state index contributed by atoms with van der Waals surface area (Å²) in [4.78, 5) is 28.7. The summed E-state index contributed by atoms with van der Waals surface area (Å²) in [6.07, 6.45) is 1.47. The predicted molar refractivity (Wildman–Crippen MR) is 112 cm³/mol. The van der Waals surface area contributed by atoms with Crippen LogP contribution in [0.3, 0.4) is 0 Å². The number of halogens is 1. The Morgan fingerprint density at radius 3 is 2.63 bits per heavy atom. The number of rotatable bonds is 9. The van der Waals surface area contributed by atoms with Crippen LogP contribution in [0.15, 0.2) is 66.0 Å². The maximum absolute atomic E-state index is 13.2. The van der Waals surface area contributed by atoms with Gasteiger partial charge in [-0.15, -0.1) is 0 Å². The molecule has 2 aromatic carbocycles. The molecule has 0 bridgehead atoms. The normalized spacial score (nSPS) is 10.6. The first-order valence-corrected chi connectivity index (χ1v) is 10.2. The van der Waals surface area contributed by atoms with Crippen molar-refractivity contribution in [3.8, 4) is 0 Å². The second kappa shape index (κ2) is 10.6. The molecule has 2 amide bonds. The number of amides is 2. The van der Waals surface area contributed by atoms with Crippen LogP contribution >= 0.6 is 11.8 Å². The smallest absolute Gasteiger partial charge is 0.240 e. The molecule has 0 saturated carbocycles. The first-order valence-electron chi connectivity index (χ1n) is 9.19. The van der Waals surface area contributed by atoms with Gasteiger partial charge < -0.3 is 20.3 Å². The molecule has 0 aliphatic heterocycles. The minimum absolute atomic E-state index is 0.0179. The van der Waals surface area contributed by atoms with Crippen LogP contribution in [0.2, 0.25) is 0 Å². The zero-order valence-corrected chi connectivity index (χ0v) is 16.9. The molecular weight excluding hydrogens is 407 g/mol.